The first-order valence-electron chi connectivity index (χ1n) is 14.6. The van der Waals surface area contributed by atoms with Gasteiger partial charge in [-0.25, -0.2) is 8.42 Å². The lowest BCUT2D eigenvalue weighted by atomic mass is 9.94. The normalized spacial score (nSPS) is 14.6. The van der Waals surface area contributed by atoms with E-state index in [0.29, 0.717) is 18.5 Å². The van der Waals surface area contributed by atoms with Crippen molar-refractivity contribution in [1.82, 2.24) is 10.2 Å². The number of anilines is 1. The zero-order valence-corrected chi connectivity index (χ0v) is 26.5. The number of hydrogen-bond acceptors (Lipinski definition) is 4. The van der Waals surface area contributed by atoms with Crippen LogP contribution < -0.4 is 9.62 Å². The van der Waals surface area contributed by atoms with E-state index in [0.717, 1.165) is 41.3 Å². The van der Waals surface area contributed by atoms with Gasteiger partial charge in [0.15, 0.2) is 0 Å². The molecule has 0 spiro atoms. The fraction of sp³-hybridized carbons (Fsp3) is 0.394. The first-order chi connectivity index (χ1) is 20.2. The highest BCUT2D eigenvalue weighted by molar-refractivity contribution is 9.10. The van der Waals surface area contributed by atoms with Gasteiger partial charge in [-0.3, -0.25) is 13.9 Å². The highest BCUT2D eigenvalue weighted by Crippen LogP contribution is 2.22. The average Bonchev–Trinajstić information content (AvgIpc) is 2.99. The van der Waals surface area contributed by atoms with Crippen LogP contribution in [-0.2, 0) is 32.6 Å². The summed E-state index contributed by atoms with van der Waals surface area (Å²) in [7, 11) is -3.54. The molecule has 0 aliphatic heterocycles. The van der Waals surface area contributed by atoms with Crippen LogP contribution in [0, 0.1) is 0 Å². The smallest absolute Gasteiger partial charge is 0.243 e. The third kappa shape index (κ3) is 9.42. The molecular formula is C33H40BrN3O4S. The molecule has 9 heteroatoms. The van der Waals surface area contributed by atoms with E-state index >= 15 is 0 Å². The van der Waals surface area contributed by atoms with Crippen LogP contribution in [0.1, 0.15) is 56.1 Å². The number of carbonyl (C=O) groups excluding carboxylic acids is 2. The summed E-state index contributed by atoms with van der Waals surface area (Å²) in [6, 6.07) is 25.8. The van der Waals surface area contributed by atoms with Gasteiger partial charge in [-0.15, -0.1) is 0 Å². The average molecular weight is 655 g/mol. The van der Waals surface area contributed by atoms with Gasteiger partial charge in [0.2, 0.25) is 21.8 Å². The standard InChI is InChI=1S/C33H40BrN3O4S/c1-42(40,41)37(30-16-9-4-10-17-30)23-11-18-32(38)36(25-27-19-21-28(34)22-20-27)31(24-26-12-5-2-6-13-26)33(39)35-29-14-7-3-8-15-29/h2,4-6,9-10,12-13,16-17,19-22,29,31H,3,7-8,11,14-15,18,23-25H2,1H3,(H,35,39)/t31-/m0/s1. The molecule has 42 heavy (non-hydrogen) atoms. The number of nitrogens with one attached hydrogen (secondary N) is 1. The Kier molecular flexibility index (Phi) is 11.6. The Hall–Kier alpha value is -3.17. The van der Waals surface area contributed by atoms with Crippen LogP contribution in [0.2, 0.25) is 0 Å². The van der Waals surface area contributed by atoms with Crippen molar-refractivity contribution < 1.29 is 18.0 Å². The Balaban J connectivity index is 1.58. The monoisotopic (exact) mass is 653 g/mol. The van der Waals surface area contributed by atoms with Crippen molar-refractivity contribution in [2.75, 3.05) is 17.1 Å². The molecule has 7 nitrogen and oxygen atoms in total. The van der Waals surface area contributed by atoms with Gasteiger partial charge in [0.1, 0.15) is 6.04 Å². The van der Waals surface area contributed by atoms with Crippen molar-refractivity contribution in [1.29, 1.82) is 0 Å². The molecule has 224 valence electrons. The highest BCUT2D eigenvalue weighted by Gasteiger charge is 2.32. The first-order valence-corrected chi connectivity index (χ1v) is 17.3. The summed E-state index contributed by atoms with van der Waals surface area (Å²) in [5.74, 6) is -0.322. The van der Waals surface area contributed by atoms with E-state index in [4.69, 9.17) is 0 Å². The van der Waals surface area contributed by atoms with Crippen LogP contribution in [-0.4, -0.2) is 50.0 Å². The van der Waals surface area contributed by atoms with Gasteiger partial charge >= 0.3 is 0 Å². The summed E-state index contributed by atoms with van der Waals surface area (Å²) >= 11 is 3.48. The summed E-state index contributed by atoms with van der Waals surface area (Å²) in [6.45, 7) is 0.439. The third-order valence-corrected chi connectivity index (χ3v) is 9.41. The van der Waals surface area contributed by atoms with Crippen LogP contribution >= 0.6 is 15.9 Å². The van der Waals surface area contributed by atoms with Gasteiger partial charge in [0.05, 0.1) is 11.9 Å². The second-order valence-corrected chi connectivity index (χ2v) is 13.8. The SMILES string of the molecule is CS(=O)(=O)N(CCCC(=O)N(Cc1ccc(Br)cc1)[C@@H](Cc1ccccc1)C(=O)NC1CCCCC1)c1ccccc1. The number of benzene rings is 3. The fourth-order valence-electron chi connectivity index (χ4n) is 5.48. The maximum atomic E-state index is 14.0. The summed E-state index contributed by atoms with van der Waals surface area (Å²) in [4.78, 5) is 29.6. The predicted octanol–water partition coefficient (Wildman–Crippen LogP) is 6.08. The lowest BCUT2D eigenvalue weighted by Gasteiger charge is -2.34. The van der Waals surface area contributed by atoms with Crippen LogP contribution in [0.25, 0.3) is 0 Å². The molecule has 0 heterocycles. The molecule has 1 atom stereocenters. The Morgan fingerprint density at radius 2 is 1.50 bits per heavy atom. The molecule has 4 rings (SSSR count). The second kappa shape index (κ2) is 15.3. The Morgan fingerprint density at radius 1 is 0.881 bits per heavy atom. The number of para-hydroxylation sites is 1. The molecular weight excluding hydrogens is 614 g/mol. The maximum Gasteiger partial charge on any atom is 0.243 e. The van der Waals surface area contributed by atoms with Crippen molar-refractivity contribution in [2.24, 2.45) is 0 Å². The van der Waals surface area contributed by atoms with Gasteiger partial charge in [0.25, 0.3) is 0 Å². The molecule has 0 bridgehead atoms. The minimum atomic E-state index is -3.54. The number of carbonyl (C=O) groups is 2. The van der Waals surface area contributed by atoms with Crippen molar-refractivity contribution in [3.63, 3.8) is 0 Å². The predicted molar refractivity (Wildman–Crippen MR) is 172 cm³/mol. The summed E-state index contributed by atoms with van der Waals surface area (Å²) in [5.41, 5.74) is 2.45. The van der Waals surface area contributed by atoms with E-state index in [2.05, 4.69) is 21.2 Å². The number of halogens is 1. The van der Waals surface area contributed by atoms with Crippen molar-refractivity contribution >= 4 is 43.5 Å². The summed E-state index contributed by atoms with van der Waals surface area (Å²) < 4.78 is 27.4. The molecule has 1 saturated carbocycles. The van der Waals surface area contributed by atoms with Crippen LogP contribution in [0.4, 0.5) is 5.69 Å². The van der Waals surface area contributed by atoms with Gasteiger partial charge in [0, 0.05) is 36.4 Å². The Bertz CT molecular complexity index is 1400. The largest absolute Gasteiger partial charge is 0.352 e. The Morgan fingerprint density at radius 3 is 2.12 bits per heavy atom. The molecule has 0 radical (unpaired) electrons. The van der Waals surface area contributed by atoms with Crippen molar-refractivity contribution in [3.05, 3.63) is 101 Å². The molecule has 2 amide bonds. The molecule has 0 unspecified atom stereocenters. The molecule has 0 saturated heterocycles. The number of sulfonamides is 1. The first kappa shape index (κ1) is 31.8. The summed E-state index contributed by atoms with van der Waals surface area (Å²) in [6.07, 6.45) is 7.26. The minimum Gasteiger partial charge on any atom is -0.352 e. The van der Waals surface area contributed by atoms with Crippen LogP contribution in [0.5, 0.6) is 0 Å². The van der Waals surface area contributed by atoms with Gasteiger partial charge in [-0.1, -0.05) is 95.9 Å². The van der Waals surface area contributed by atoms with E-state index in [1.54, 1.807) is 29.2 Å². The van der Waals surface area contributed by atoms with Gasteiger partial charge in [-0.05, 0) is 54.7 Å². The zero-order chi connectivity index (χ0) is 30.0. The van der Waals surface area contributed by atoms with E-state index in [1.807, 2.05) is 60.7 Å². The fourth-order valence-corrected chi connectivity index (χ4v) is 6.71. The highest BCUT2D eigenvalue weighted by atomic mass is 79.9. The van der Waals surface area contributed by atoms with Crippen LogP contribution in [0.15, 0.2) is 89.4 Å². The maximum absolute atomic E-state index is 14.0. The van der Waals surface area contributed by atoms with Crippen molar-refractivity contribution in [2.45, 2.75) is 70.0 Å². The quantitative estimate of drug-likeness (QED) is 0.242. The van der Waals surface area contributed by atoms with Crippen molar-refractivity contribution in [3.8, 4) is 0 Å². The number of amides is 2. The molecule has 1 fully saturated rings. The molecule has 0 aromatic heterocycles. The van der Waals surface area contributed by atoms with E-state index in [-0.39, 0.29) is 37.4 Å². The number of hydrogen-bond donors (Lipinski definition) is 1. The molecule has 1 aliphatic rings. The van der Waals surface area contributed by atoms with E-state index < -0.39 is 16.1 Å². The number of rotatable bonds is 13. The van der Waals surface area contributed by atoms with E-state index in [1.165, 1.54) is 17.0 Å². The van der Waals surface area contributed by atoms with Gasteiger partial charge in [-0.2, -0.15) is 0 Å². The minimum absolute atomic E-state index is 0.109. The molecule has 1 N–H and O–H groups in total. The lowest BCUT2D eigenvalue weighted by molar-refractivity contribution is -0.141. The lowest BCUT2D eigenvalue weighted by Crippen LogP contribution is -2.52. The number of nitrogens with zero attached hydrogens (tertiary/aromatic N) is 2. The topological polar surface area (TPSA) is 86.8 Å². The van der Waals surface area contributed by atoms with Crippen LogP contribution in [0.3, 0.4) is 0 Å². The second-order valence-electron chi connectivity index (χ2n) is 11.0. The van der Waals surface area contributed by atoms with E-state index in [9.17, 15) is 18.0 Å². The zero-order valence-electron chi connectivity index (χ0n) is 24.1. The molecule has 3 aromatic rings. The van der Waals surface area contributed by atoms with Gasteiger partial charge < -0.3 is 10.2 Å². The Labute approximate surface area is 258 Å². The molecule has 3 aromatic carbocycles. The third-order valence-electron chi connectivity index (χ3n) is 7.69. The summed E-state index contributed by atoms with van der Waals surface area (Å²) in [5, 5.41) is 3.26. The molecule has 1 aliphatic carbocycles.